The van der Waals surface area contributed by atoms with Crippen molar-refractivity contribution < 1.29 is 37.3 Å². The number of carbonyl (C=O) groups excluding carboxylic acids is 2. The molecule has 3 unspecified atom stereocenters. The number of phosphoric ester groups is 1. The molecule has 1 amide bonds. The molecule has 0 aliphatic carbocycles. The second-order valence-electron chi connectivity index (χ2n) is 24.3. The van der Waals surface area contributed by atoms with Crippen molar-refractivity contribution in [3.63, 3.8) is 0 Å². The van der Waals surface area contributed by atoms with Gasteiger partial charge in [0.05, 0.1) is 33.8 Å². The van der Waals surface area contributed by atoms with Crippen LogP contribution in [0.4, 0.5) is 0 Å². The Hall–Kier alpha value is -2.81. The summed E-state index contributed by atoms with van der Waals surface area (Å²) in [5.41, 5.74) is 0. The van der Waals surface area contributed by atoms with Gasteiger partial charge in [-0.1, -0.05) is 273 Å². The zero-order chi connectivity index (χ0) is 60.0. The number of hydrogen-bond acceptors (Lipinski definition) is 6. The van der Waals surface area contributed by atoms with E-state index in [4.69, 9.17) is 13.8 Å². The highest BCUT2D eigenvalue weighted by atomic mass is 31.2. The van der Waals surface area contributed by atoms with Crippen molar-refractivity contribution in [2.24, 2.45) is 0 Å². The van der Waals surface area contributed by atoms with Crippen molar-refractivity contribution in [2.75, 3.05) is 40.9 Å². The Kier molecular flexibility index (Phi) is 59.2. The number of unbranched alkanes of at least 4 members (excludes halogenated alkanes) is 34. The average Bonchev–Trinajstić information content (AvgIpc) is 3.47. The summed E-state index contributed by atoms with van der Waals surface area (Å²) >= 11 is 0. The van der Waals surface area contributed by atoms with Gasteiger partial charge in [-0.2, -0.15) is 0 Å². The van der Waals surface area contributed by atoms with Gasteiger partial charge >= 0.3 is 13.8 Å². The summed E-state index contributed by atoms with van der Waals surface area (Å²) in [6.07, 6.45) is 81.6. The molecule has 9 nitrogen and oxygen atoms in total. The molecule has 0 rings (SSSR count). The highest BCUT2D eigenvalue weighted by Crippen LogP contribution is 2.43. The molecule has 0 fully saturated rings. The number of hydrogen-bond donors (Lipinski definition) is 2. The van der Waals surface area contributed by atoms with Crippen LogP contribution >= 0.6 is 7.82 Å². The number of nitrogens with one attached hydrogen (secondary N) is 1. The first-order valence-corrected chi connectivity index (χ1v) is 35.9. The molecule has 0 spiro atoms. The van der Waals surface area contributed by atoms with Crippen LogP contribution < -0.4 is 5.32 Å². The van der Waals surface area contributed by atoms with Crippen molar-refractivity contribution in [3.8, 4) is 0 Å². The van der Waals surface area contributed by atoms with Crippen LogP contribution in [0.15, 0.2) is 85.1 Å². The number of rotatable bonds is 62. The maximum atomic E-state index is 13.6. The maximum absolute atomic E-state index is 13.6. The summed E-state index contributed by atoms with van der Waals surface area (Å²) < 4.78 is 30.8. The number of allylic oxidation sites excluding steroid dienone is 13. The summed E-state index contributed by atoms with van der Waals surface area (Å²) in [6, 6.07) is -0.869. The first kappa shape index (κ1) is 79.2. The minimum absolute atomic E-state index is 0.0315. The minimum atomic E-state index is -4.46. The Morgan fingerprint density at radius 1 is 0.427 bits per heavy atom. The molecule has 2 N–H and O–H groups in total. The Bertz CT molecular complexity index is 1680. The predicted molar refractivity (Wildman–Crippen MR) is 355 cm³/mol. The number of carbonyl (C=O) groups is 2. The zero-order valence-corrected chi connectivity index (χ0v) is 55.4. The highest BCUT2D eigenvalue weighted by molar-refractivity contribution is 7.47. The van der Waals surface area contributed by atoms with E-state index in [0.29, 0.717) is 23.9 Å². The van der Waals surface area contributed by atoms with E-state index in [1.165, 1.54) is 186 Å². The lowest BCUT2D eigenvalue weighted by Gasteiger charge is -2.27. The van der Waals surface area contributed by atoms with E-state index < -0.39 is 20.0 Å². The second-order valence-corrected chi connectivity index (χ2v) is 25.8. The van der Waals surface area contributed by atoms with Crippen LogP contribution in [0.3, 0.4) is 0 Å². The van der Waals surface area contributed by atoms with Crippen LogP contribution in [-0.2, 0) is 27.9 Å². The molecule has 0 aliphatic heterocycles. The van der Waals surface area contributed by atoms with Gasteiger partial charge in [0.25, 0.3) is 0 Å². The van der Waals surface area contributed by atoms with E-state index in [1.54, 1.807) is 0 Å². The molecule has 0 aromatic rings. The van der Waals surface area contributed by atoms with Gasteiger partial charge in [-0.05, 0) is 109 Å². The predicted octanol–water partition coefficient (Wildman–Crippen LogP) is 21.7. The summed E-state index contributed by atoms with van der Waals surface area (Å²) in [7, 11) is 1.47. The standard InChI is InChI=1S/C72H131N2O7P/c1-7-10-13-16-19-22-25-28-30-32-34-35-36-37-38-39-41-43-45-47-50-53-56-59-62-65-72(76)81-70(63-60-57-54-51-48-27-24-21-18-15-12-9-3)69(68-80-82(77,78)79-67-66-74(4,5)6)73-71(75)64-61-58-55-52-49-46-44-42-40-33-31-29-26-23-20-17-14-11-8-2/h19-20,22-23,28-31,40,42,46,49,60,63,69-70H,7-18,21,24-27,32-39,41,43-45,47-48,50-59,61-62,64-68H2,1-6H3,(H-,73,75,77,78)/p+1/b22-19-,23-20-,30-28-,31-29-,42-40-,49-46-,63-60-. The van der Waals surface area contributed by atoms with Crippen LogP contribution in [0.5, 0.6) is 0 Å². The fourth-order valence-electron chi connectivity index (χ4n) is 9.72. The van der Waals surface area contributed by atoms with Crippen molar-refractivity contribution >= 4 is 19.7 Å². The number of quaternary nitrogens is 1. The van der Waals surface area contributed by atoms with Crippen molar-refractivity contribution in [1.29, 1.82) is 0 Å². The normalized spacial score (nSPS) is 14.1. The van der Waals surface area contributed by atoms with E-state index >= 15 is 0 Å². The summed E-state index contributed by atoms with van der Waals surface area (Å²) in [4.78, 5) is 37.8. The molecule has 10 heteroatoms. The fraction of sp³-hybridized carbons (Fsp3) is 0.778. The Morgan fingerprint density at radius 3 is 1.15 bits per heavy atom. The third-order valence-corrected chi connectivity index (χ3v) is 16.0. The number of likely N-dealkylation sites (N-methyl/N-ethyl adjacent to an activating group) is 1. The third kappa shape index (κ3) is 61.7. The topological polar surface area (TPSA) is 111 Å². The van der Waals surface area contributed by atoms with Gasteiger partial charge in [0.1, 0.15) is 19.3 Å². The van der Waals surface area contributed by atoms with Gasteiger partial charge < -0.3 is 19.4 Å². The van der Waals surface area contributed by atoms with E-state index in [0.717, 1.165) is 83.5 Å². The molecule has 0 aromatic carbocycles. The maximum Gasteiger partial charge on any atom is 0.472 e. The third-order valence-electron chi connectivity index (χ3n) is 15.1. The van der Waals surface area contributed by atoms with Crippen LogP contribution in [0, 0.1) is 0 Å². The number of nitrogens with zero attached hydrogens (tertiary/aromatic N) is 1. The molecular weight excluding hydrogens is 1040 g/mol. The van der Waals surface area contributed by atoms with E-state index in [-0.39, 0.29) is 31.5 Å². The average molecular weight is 1170 g/mol. The van der Waals surface area contributed by atoms with Crippen LogP contribution in [0.25, 0.3) is 0 Å². The molecule has 0 saturated carbocycles. The van der Waals surface area contributed by atoms with Gasteiger partial charge in [0.15, 0.2) is 0 Å². The van der Waals surface area contributed by atoms with Gasteiger partial charge in [-0.15, -0.1) is 0 Å². The molecular formula is C72H132N2O7P+. The molecule has 0 saturated heterocycles. The lowest BCUT2D eigenvalue weighted by Crippen LogP contribution is -2.47. The van der Waals surface area contributed by atoms with Crippen molar-refractivity contribution in [2.45, 2.75) is 322 Å². The van der Waals surface area contributed by atoms with Gasteiger partial charge in [-0.3, -0.25) is 18.6 Å². The molecule has 0 aromatic heterocycles. The lowest BCUT2D eigenvalue weighted by molar-refractivity contribution is -0.870. The van der Waals surface area contributed by atoms with Gasteiger partial charge in [-0.25, -0.2) is 4.57 Å². The SMILES string of the molecule is CCCCC/C=C\C/C=C\C/C=C\C/C=C\CCCCCC(=O)NC(COP(=O)(O)OCC[N+](C)(C)C)C(/C=C\CCCCCCCCCCCC)OC(=O)CCCCCCCCCCCCCCCCC/C=C\C/C=C\CCCCC. The molecule has 3 atom stereocenters. The first-order valence-electron chi connectivity index (χ1n) is 34.4. The van der Waals surface area contributed by atoms with Crippen molar-refractivity contribution in [3.05, 3.63) is 85.1 Å². The first-order chi connectivity index (χ1) is 39.9. The van der Waals surface area contributed by atoms with E-state index in [2.05, 4.69) is 99.0 Å². The fourth-order valence-corrected chi connectivity index (χ4v) is 10.5. The monoisotopic (exact) mass is 1170 g/mol. The van der Waals surface area contributed by atoms with Gasteiger partial charge in [0.2, 0.25) is 5.91 Å². The summed E-state index contributed by atoms with van der Waals surface area (Å²) in [6.45, 7) is 6.95. The van der Waals surface area contributed by atoms with E-state index in [9.17, 15) is 19.0 Å². The van der Waals surface area contributed by atoms with Crippen LogP contribution in [-0.4, -0.2) is 74.3 Å². The van der Waals surface area contributed by atoms with E-state index in [1.807, 2.05) is 33.3 Å². The zero-order valence-electron chi connectivity index (χ0n) is 54.5. The van der Waals surface area contributed by atoms with Crippen LogP contribution in [0.1, 0.15) is 310 Å². The largest absolute Gasteiger partial charge is 0.472 e. The van der Waals surface area contributed by atoms with Crippen molar-refractivity contribution in [1.82, 2.24) is 5.32 Å². The molecule has 0 heterocycles. The quantitative estimate of drug-likeness (QED) is 0.0205. The number of amides is 1. The smallest absolute Gasteiger partial charge is 0.456 e. The number of esters is 1. The number of phosphoric acid groups is 1. The summed E-state index contributed by atoms with van der Waals surface area (Å²) in [5, 5.41) is 3.05. The Balaban J connectivity index is 5.14. The number of ether oxygens (including phenoxy) is 1. The molecule has 0 aliphatic rings. The Labute approximate surface area is 507 Å². The second kappa shape index (κ2) is 61.3. The lowest BCUT2D eigenvalue weighted by atomic mass is 10.0. The minimum Gasteiger partial charge on any atom is -0.456 e. The Morgan fingerprint density at radius 2 is 0.744 bits per heavy atom. The molecule has 0 radical (unpaired) electrons. The molecule has 476 valence electrons. The summed E-state index contributed by atoms with van der Waals surface area (Å²) in [5.74, 6) is -0.536. The van der Waals surface area contributed by atoms with Crippen LogP contribution in [0.2, 0.25) is 0 Å². The van der Waals surface area contributed by atoms with Gasteiger partial charge in [0, 0.05) is 12.8 Å². The molecule has 0 bridgehead atoms. The molecule has 82 heavy (non-hydrogen) atoms. The highest BCUT2D eigenvalue weighted by Gasteiger charge is 2.30.